The Hall–Kier alpha value is -0.350. The van der Waals surface area contributed by atoms with Gasteiger partial charge in [0.15, 0.2) is 0 Å². The summed E-state index contributed by atoms with van der Waals surface area (Å²) in [5.74, 6) is 0.568. The molecule has 1 atom stereocenters. The Labute approximate surface area is 83.1 Å². The third-order valence-electron chi connectivity index (χ3n) is 1.97. The predicted molar refractivity (Wildman–Crippen MR) is 52.4 cm³/mol. The van der Waals surface area contributed by atoms with Crippen molar-refractivity contribution in [2.45, 2.75) is 12.3 Å². The van der Waals surface area contributed by atoms with Crippen LogP contribution in [0, 0.1) is 0 Å². The Balaban J connectivity index is 2.15. The quantitative estimate of drug-likeness (QED) is 0.807. The van der Waals surface area contributed by atoms with Crippen LogP contribution in [0.5, 0.6) is 0 Å². The Morgan fingerprint density at radius 2 is 2.50 bits per heavy atom. The van der Waals surface area contributed by atoms with Crippen molar-refractivity contribution in [2.24, 2.45) is 0 Å². The lowest BCUT2D eigenvalue weighted by Gasteiger charge is -2.00. The second kappa shape index (κ2) is 3.18. The summed E-state index contributed by atoms with van der Waals surface area (Å²) in [6, 6.07) is 2.09. The highest BCUT2D eigenvalue weighted by atomic mass is 79.9. The average Bonchev–Trinajstić information content (AvgIpc) is 2.58. The zero-order valence-corrected chi connectivity index (χ0v) is 8.74. The third kappa shape index (κ3) is 1.54. The van der Waals surface area contributed by atoms with Crippen LogP contribution in [0.1, 0.15) is 17.2 Å². The highest BCUT2D eigenvalue weighted by Gasteiger charge is 2.23. The number of thiophene rings is 1. The van der Waals surface area contributed by atoms with Crippen molar-refractivity contribution >= 4 is 33.2 Å². The number of amides is 1. The molecule has 1 aromatic rings. The van der Waals surface area contributed by atoms with Gasteiger partial charge in [0.05, 0.1) is 0 Å². The largest absolute Gasteiger partial charge is 0.355 e. The van der Waals surface area contributed by atoms with E-state index >= 15 is 0 Å². The molecule has 2 rings (SSSR count). The van der Waals surface area contributed by atoms with Crippen LogP contribution in [-0.2, 0) is 4.79 Å². The fourth-order valence-corrected chi connectivity index (χ4v) is 2.90. The van der Waals surface area contributed by atoms with E-state index in [9.17, 15) is 4.79 Å². The Morgan fingerprint density at radius 1 is 1.67 bits per heavy atom. The number of rotatable bonds is 1. The monoisotopic (exact) mass is 245 g/mol. The maximum absolute atomic E-state index is 10.9. The van der Waals surface area contributed by atoms with Gasteiger partial charge in [-0.15, -0.1) is 11.3 Å². The van der Waals surface area contributed by atoms with Crippen LogP contribution in [-0.4, -0.2) is 12.5 Å². The van der Waals surface area contributed by atoms with Crippen molar-refractivity contribution in [1.29, 1.82) is 0 Å². The van der Waals surface area contributed by atoms with Crippen LogP contribution >= 0.6 is 27.3 Å². The molecular formula is C8H8BrNOS. The summed E-state index contributed by atoms with van der Waals surface area (Å²) in [6.45, 7) is 0.797. The molecule has 4 heteroatoms. The molecule has 2 nitrogen and oxygen atoms in total. The van der Waals surface area contributed by atoms with E-state index in [4.69, 9.17) is 0 Å². The van der Waals surface area contributed by atoms with E-state index in [1.807, 2.05) is 0 Å². The summed E-state index contributed by atoms with van der Waals surface area (Å²) in [5, 5.41) is 4.88. The molecule has 1 aromatic heterocycles. The maximum Gasteiger partial charge on any atom is 0.220 e. The van der Waals surface area contributed by atoms with E-state index in [0.717, 1.165) is 11.0 Å². The van der Waals surface area contributed by atoms with Crippen LogP contribution < -0.4 is 5.32 Å². The lowest BCUT2D eigenvalue weighted by molar-refractivity contribution is -0.119. The second-order valence-corrected chi connectivity index (χ2v) is 4.73. The van der Waals surface area contributed by atoms with E-state index in [2.05, 4.69) is 32.7 Å². The molecule has 1 aliphatic rings. The van der Waals surface area contributed by atoms with Crippen LogP contribution in [0.25, 0.3) is 0 Å². The molecule has 1 unspecified atom stereocenters. The van der Waals surface area contributed by atoms with Gasteiger partial charge in [-0.05, 0) is 22.0 Å². The number of carbonyl (C=O) groups is 1. The van der Waals surface area contributed by atoms with Crippen molar-refractivity contribution in [3.8, 4) is 0 Å². The molecule has 0 bridgehead atoms. The molecule has 0 spiro atoms. The third-order valence-corrected chi connectivity index (χ3v) is 3.82. The SMILES string of the molecule is O=C1CC(c2cc(Br)cs2)CN1. The Bertz CT molecular complexity index is 310. The molecule has 2 heterocycles. The second-order valence-electron chi connectivity index (χ2n) is 2.87. The summed E-state index contributed by atoms with van der Waals surface area (Å²) in [4.78, 5) is 12.2. The van der Waals surface area contributed by atoms with Gasteiger partial charge < -0.3 is 5.32 Å². The Morgan fingerprint density at radius 3 is 3.00 bits per heavy atom. The van der Waals surface area contributed by atoms with Crippen molar-refractivity contribution in [3.63, 3.8) is 0 Å². The van der Waals surface area contributed by atoms with Gasteiger partial charge in [-0.3, -0.25) is 4.79 Å². The molecule has 12 heavy (non-hydrogen) atoms. The molecule has 1 aliphatic heterocycles. The molecular weight excluding hydrogens is 238 g/mol. The predicted octanol–water partition coefficient (Wildman–Crippen LogP) is 2.11. The normalized spacial score (nSPS) is 22.8. The number of hydrogen-bond donors (Lipinski definition) is 1. The van der Waals surface area contributed by atoms with Gasteiger partial charge in [-0.2, -0.15) is 0 Å². The molecule has 0 aliphatic carbocycles. The maximum atomic E-state index is 10.9. The summed E-state index contributed by atoms with van der Waals surface area (Å²) in [6.07, 6.45) is 0.646. The van der Waals surface area contributed by atoms with Crippen molar-refractivity contribution in [2.75, 3.05) is 6.54 Å². The molecule has 1 fully saturated rings. The number of halogens is 1. The molecule has 1 saturated heterocycles. The van der Waals surface area contributed by atoms with Crippen molar-refractivity contribution in [1.82, 2.24) is 5.32 Å². The zero-order valence-electron chi connectivity index (χ0n) is 6.34. The smallest absolute Gasteiger partial charge is 0.220 e. The van der Waals surface area contributed by atoms with Gasteiger partial charge in [-0.25, -0.2) is 0 Å². The van der Waals surface area contributed by atoms with Crippen LogP contribution in [0.4, 0.5) is 0 Å². The van der Waals surface area contributed by atoms with E-state index < -0.39 is 0 Å². The minimum Gasteiger partial charge on any atom is -0.355 e. The fourth-order valence-electron chi connectivity index (χ4n) is 1.35. The first-order valence-corrected chi connectivity index (χ1v) is 5.43. The van der Waals surface area contributed by atoms with E-state index in [0.29, 0.717) is 12.3 Å². The van der Waals surface area contributed by atoms with Crippen LogP contribution in [0.15, 0.2) is 15.9 Å². The highest BCUT2D eigenvalue weighted by molar-refractivity contribution is 9.10. The van der Waals surface area contributed by atoms with Crippen LogP contribution in [0.2, 0.25) is 0 Å². The lowest BCUT2D eigenvalue weighted by atomic mass is 10.1. The molecule has 0 saturated carbocycles. The topological polar surface area (TPSA) is 29.1 Å². The average molecular weight is 246 g/mol. The molecule has 0 radical (unpaired) electrons. The van der Waals surface area contributed by atoms with E-state index in [1.54, 1.807) is 11.3 Å². The van der Waals surface area contributed by atoms with Gasteiger partial charge in [-0.1, -0.05) is 0 Å². The lowest BCUT2D eigenvalue weighted by Crippen LogP contribution is -2.13. The summed E-state index contributed by atoms with van der Waals surface area (Å²) in [5.41, 5.74) is 0. The molecule has 64 valence electrons. The fraction of sp³-hybridized carbons (Fsp3) is 0.375. The van der Waals surface area contributed by atoms with Crippen LogP contribution in [0.3, 0.4) is 0 Å². The summed E-state index contributed by atoms with van der Waals surface area (Å²) < 4.78 is 1.11. The minimum atomic E-state index is 0.171. The van der Waals surface area contributed by atoms with Crippen molar-refractivity contribution < 1.29 is 4.79 Å². The Kier molecular flexibility index (Phi) is 2.19. The van der Waals surface area contributed by atoms with E-state index in [1.165, 1.54) is 4.88 Å². The number of nitrogens with one attached hydrogen (secondary N) is 1. The minimum absolute atomic E-state index is 0.171. The van der Waals surface area contributed by atoms with Crippen molar-refractivity contribution in [3.05, 3.63) is 20.8 Å². The standard InChI is InChI=1S/C8H8BrNOS/c9-6-2-7(12-4-6)5-1-8(11)10-3-5/h2,4-5H,1,3H2,(H,10,11). The van der Waals surface area contributed by atoms with Gasteiger partial charge in [0.2, 0.25) is 5.91 Å². The highest BCUT2D eigenvalue weighted by Crippen LogP contribution is 2.30. The van der Waals surface area contributed by atoms with Gasteiger partial charge >= 0.3 is 0 Å². The number of carbonyl (C=O) groups excluding carboxylic acids is 1. The number of hydrogen-bond acceptors (Lipinski definition) is 2. The molecule has 1 N–H and O–H groups in total. The van der Waals surface area contributed by atoms with E-state index in [-0.39, 0.29) is 5.91 Å². The zero-order chi connectivity index (χ0) is 8.55. The van der Waals surface area contributed by atoms with Gasteiger partial charge in [0, 0.05) is 33.6 Å². The first kappa shape index (κ1) is 8.26. The van der Waals surface area contributed by atoms with Gasteiger partial charge in [0.25, 0.3) is 0 Å². The summed E-state index contributed by atoms with van der Waals surface area (Å²) >= 11 is 5.11. The molecule has 0 aromatic carbocycles. The first-order chi connectivity index (χ1) is 5.75. The molecule has 1 amide bonds. The summed E-state index contributed by atoms with van der Waals surface area (Å²) in [7, 11) is 0. The van der Waals surface area contributed by atoms with Gasteiger partial charge in [0.1, 0.15) is 0 Å². The first-order valence-electron chi connectivity index (χ1n) is 3.76.